The quantitative estimate of drug-likeness (QED) is 0.826. The minimum atomic E-state index is -0.839. The van der Waals surface area contributed by atoms with E-state index in [0.717, 1.165) is 16.6 Å². The van der Waals surface area contributed by atoms with Crippen LogP contribution in [0.2, 0.25) is 0 Å². The van der Waals surface area contributed by atoms with Crippen LogP contribution < -0.4 is 5.32 Å². The molecule has 2 saturated heterocycles. The topological polar surface area (TPSA) is 54.4 Å². The van der Waals surface area contributed by atoms with Crippen molar-refractivity contribution in [1.29, 1.82) is 0 Å². The van der Waals surface area contributed by atoms with Crippen LogP contribution >= 0.6 is 0 Å². The number of nitrogens with zero attached hydrogens (tertiary/aromatic N) is 1. The first kappa shape index (κ1) is 12.3. The maximum absolute atomic E-state index is 11.0. The van der Waals surface area contributed by atoms with Gasteiger partial charge >= 0.3 is 0 Å². The van der Waals surface area contributed by atoms with E-state index in [-0.39, 0.29) is 12.1 Å². The van der Waals surface area contributed by atoms with Crippen LogP contribution in [0.3, 0.4) is 0 Å². The van der Waals surface area contributed by atoms with E-state index in [0.29, 0.717) is 26.1 Å². The van der Waals surface area contributed by atoms with Crippen molar-refractivity contribution in [2.45, 2.75) is 30.5 Å². The number of rotatable bonds is 1. The predicted octanol–water partition coefficient (Wildman–Crippen LogP) is 1.57. The molecule has 3 heterocycles. The molecule has 1 aromatic heterocycles. The average Bonchev–Trinajstić information content (AvgIpc) is 2.46. The lowest BCUT2D eigenvalue weighted by Gasteiger charge is -2.44. The van der Waals surface area contributed by atoms with Gasteiger partial charge in [0.25, 0.3) is 0 Å². The van der Waals surface area contributed by atoms with Crippen molar-refractivity contribution in [3.63, 3.8) is 0 Å². The molecule has 2 aromatic rings. The Hall–Kier alpha value is -1.49. The van der Waals surface area contributed by atoms with E-state index in [2.05, 4.69) is 10.3 Å². The summed E-state index contributed by atoms with van der Waals surface area (Å²) >= 11 is 0. The molecule has 2 N–H and O–H groups in total. The summed E-state index contributed by atoms with van der Waals surface area (Å²) in [5.41, 5.74) is 0.891. The van der Waals surface area contributed by atoms with Gasteiger partial charge in [-0.1, -0.05) is 24.3 Å². The summed E-state index contributed by atoms with van der Waals surface area (Å²) in [6.45, 7) is 1.35. The zero-order valence-corrected chi connectivity index (χ0v) is 11.2. The third-order valence-corrected chi connectivity index (χ3v) is 4.35. The Labute approximate surface area is 117 Å². The summed E-state index contributed by atoms with van der Waals surface area (Å²) in [5, 5.41) is 15.7. The van der Waals surface area contributed by atoms with Gasteiger partial charge in [0, 0.05) is 17.5 Å². The molecule has 1 aromatic carbocycles. The Morgan fingerprint density at radius 3 is 2.65 bits per heavy atom. The Kier molecular flexibility index (Phi) is 2.77. The van der Waals surface area contributed by atoms with E-state index >= 15 is 0 Å². The van der Waals surface area contributed by atoms with Crippen molar-refractivity contribution >= 4 is 10.9 Å². The smallest absolute Gasteiger partial charge is 0.110 e. The zero-order valence-electron chi connectivity index (χ0n) is 11.2. The number of hydrogen-bond acceptors (Lipinski definition) is 4. The number of aliphatic hydroxyl groups is 1. The van der Waals surface area contributed by atoms with Crippen molar-refractivity contribution in [3.05, 3.63) is 42.1 Å². The minimum absolute atomic E-state index is 0.223. The van der Waals surface area contributed by atoms with E-state index in [1.165, 1.54) is 0 Å². The lowest BCUT2D eigenvalue weighted by Crippen LogP contribution is -2.58. The first-order chi connectivity index (χ1) is 9.73. The number of para-hydroxylation sites is 1. The number of aromatic nitrogens is 1. The van der Waals surface area contributed by atoms with Gasteiger partial charge in [-0.2, -0.15) is 0 Å². The molecular weight excluding hydrogens is 252 g/mol. The first-order valence-electron chi connectivity index (χ1n) is 7.15. The third kappa shape index (κ3) is 2.00. The molecule has 0 aliphatic carbocycles. The normalized spacial score (nSPS) is 33.2. The number of ether oxygens (including phenoxy) is 1. The molecule has 2 bridgehead atoms. The number of benzene rings is 1. The Bertz CT molecular complexity index is 631. The van der Waals surface area contributed by atoms with Gasteiger partial charge in [-0.15, -0.1) is 0 Å². The summed E-state index contributed by atoms with van der Waals surface area (Å²) in [4.78, 5) is 4.68. The minimum Gasteiger partial charge on any atom is -0.383 e. The fraction of sp³-hybridized carbons (Fsp3) is 0.438. The Balaban J connectivity index is 1.73. The second kappa shape index (κ2) is 4.52. The number of piperidine rings is 1. The lowest BCUT2D eigenvalue weighted by molar-refractivity contribution is -0.0822. The van der Waals surface area contributed by atoms with Gasteiger partial charge < -0.3 is 15.2 Å². The maximum Gasteiger partial charge on any atom is 0.110 e. The van der Waals surface area contributed by atoms with Gasteiger partial charge in [0.2, 0.25) is 0 Å². The van der Waals surface area contributed by atoms with Crippen molar-refractivity contribution < 1.29 is 9.84 Å². The molecule has 0 saturated carbocycles. The molecule has 4 heteroatoms. The number of fused-ring (bicyclic) bond motifs is 3. The van der Waals surface area contributed by atoms with E-state index in [1.807, 2.05) is 36.4 Å². The highest BCUT2D eigenvalue weighted by atomic mass is 16.5. The molecule has 2 fully saturated rings. The van der Waals surface area contributed by atoms with Crippen LogP contribution in [0.4, 0.5) is 0 Å². The predicted molar refractivity (Wildman–Crippen MR) is 76.4 cm³/mol. The van der Waals surface area contributed by atoms with Crippen LogP contribution in [0.1, 0.15) is 18.5 Å². The SMILES string of the molecule is OC1(c2ccc3ccccc3n2)CC2COCC(C1)N2. The van der Waals surface area contributed by atoms with Gasteiger partial charge in [0.15, 0.2) is 0 Å². The highest BCUT2D eigenvalue weighted by molar-refractivity contribution is 5.78. The molecule has 4 rings (SSSR count). The molecule has 2 atom stereocenters. The van der Waals surface area contributed by atoms with Crippen LogP contribution in [0.15, 0.2) is 36.4 Å². The van der Waals surface area contributed by atoms with Crippen LogP contribution in [0.25, 0.3) is 10.9 Å². The van der Waals surface area contributed by atoms with E-state index in [1.54, 1.807) is 0 Å². The standard InChI is InChI=1S/C16H18N2O2/c19-16(7-12-9-20-10-13(8-16)17-12)15-6-5-11-3-1-2-4-14(11)18-15/h1-6,12-13,17,19H,7-10H2. The highest BCUT2D eigenvalue weighted by Crippen LogP contribution is 2.36. The fourth-order valence-electron chi connectivity index (χ4n) is 3.45. The lowest BCUT2D eigenvalue weighted by atomic mass is 9.80. The van der Waals surface area contributed by atoms with E-state index < -0.39 is 5.60 Å². The molecule has 2 unspecified atom stereocenters. The van der Waals surface area contributed by atoms with Crippen LogP contribution in [-0.2, 0) is 10.3 Å². The van der Waals surface area contributed by atoms with Crippen LogP contribution in [0.5, 0.6) is 0 Å². The molecule has 104 valence electrons. The number of pyridine rings is 1. The van der Waals surface area contributed by atoms with Crippen molar-refractivity contribution in [1.82, 2.24) is 10.3 Å². The average molecular weight is 270 g/mol. The number of nitrogens with one attached hydrogen (secondary N) is 1. The molecule has 2 aliphatic rings. The fourth-order valence-corrected chi connectivity index (χ4v) is 3.45. The van der Waals surface area contributed by atoms with Crippen LogP contribution in [0, 0.1) is 0 Å². The van der Waals surface area contributed by atoms with E-state index in [4.69, 9.17) is 4.74 Å². The molecule has 0 amide bonds. The second-order valence-corrected chi connectivity index (χ2v) is 5.93. The van der Waals surface area contributed by atoms with E-state index in [9.17, 15) is 5.11 Å². The zero-order chi connectivity index (χ0) is 13.6. The summed E-state index contributed by atoms with van der Waals surface area (Å²) in [6, 6.07) is 12.5. The molecule has 0 radical (unpaired) electrons. The monoisotopic (exact) mass is 270 g/mol. The Morgan fingerprint density at radius 1 is 1.10 bits per heavy atom. The summed E-state index contributed by atoms with van der Waals surface area (Å²) in [6.07, 6.45) is 1.32. The van der Waals surface area contributed by atoms with Crippen molar-refractivity contribution in [2.24, 2.45) is 0 Å². The summed E-state index contributed by atoms with van der Waals surface area (Å²) < 4.78 is 5.54. The van der Waals surface area contributed by atoms with Crippen molar-refractivity contribution in [2.75, 3.05) is 13.2 Å². The van der Waals surface area contributed by atoms with Gasteiger partial charge in [-0.05, 0) is 25.0 Å². The van der Waals surface area contributed by atoms with Gasteiger partial charge in [-0.3, -0.25) is 0 Å². The summed E-state index contributed by atoms with van der Waals surface area (Å²) in [5.74, 6) is 0. The Morgan fingerprint density at radius 2 is 1.85 bits per heavy atom. The largest absolute Gasteiger partial charge is 0.383 e. The molecular formula is C16H18N2O2. The molecule has 20 heavy (non-hydrogen) atoms. The highest BCUT2D eigenvalue weighted by Gasteiger charge is 2.43. The third-order valence-electron chi connectivity index (χ3n) is 4.35. The molecule has 2 aliphatic heterocycles. The van der Waals surface area contributed by atoms with Gasteiger partial charge in [0.1, 0.15) is 5.60 Å². The maximum atomic E-state index is 11.0. The first-order valence-corrected chi connectivity index (χ1v) is 7.15. The summed E-state index contributed by atoms with van der Waals surface area (Å²) in [7, 11) is 0. The second-order valence-electron chi connectivity index (χ2n) is 5.93. The molecule has 4 nitrogen and oxygen atoms in total. The molecule has 0 spiro atoms. The number of hydrogen-bond donors (Lipinski definition) is 2. The van der Waals surface area contributed by atoms with Crippen molar-refractivity contribution in [3.8, 4) is 0 Å². The van der Waals surface area contributed by atoms with Gasteiger partial charge in [0.05, 0.1) is 24.4 Å². The van der Waals surface area contributed by atoms with Gasteiger partial charge in [-0.25, -0.2) is 4.98 Å². The van der Waals surface area contributed by atoms with Crippen LogP contribution in [-0.4, -0.2) is 35.4 Å². The number of morpholine rings is 1.